The molecular weight excluding hydrogens is 187 g/mol. The summed E-state index contributed by atoms with van der Waals surface area (Å²) in [5.41, 5.74) is 7.49. The van der Waals surface area contributed by atoms with Gasteiger partial charge in [-0.05, 0) is 0 Å². The summed E-state index contributed by atoms with van der Waals surface area (Å²) < 4.78 is 0. The molecule has 0 heterocycles. The van der Waals surface area contributed by atoms with Crippen LogP contribution in [0.15, 0.2) is 0 Å². The standard InChI is InChI=1S/C7H20AsSi/c1-8(2,3)7-9(4,5)6/h7H2,1-6H3. The molecule has 0 nitrogen and oxygen atoms in total. The molecule has 57 valence electrons. The SMILES string of the molecule is C[Si](C)(C)C[As](C)(C)C. The molecule has 0 saturated carbocycles. The van der Waals surface area contributed by atoms with E-state index in [4.69, 9.17) is 0 Å². The third-order valence-electron chi connectivity index (χ3n) is 0.949. The van der Waals surface area contributed by atoms with Crippen LogP contribution in [0.5, 0.6) is 0 Å². The molecule has 0 aromatic carbocycles. The van der Waals surface area contributed by atoms with E-state index in [-0.39, 0.29) is 0 Å². The Morgan fingerprint density at radius 3 is 1.33 bits per heavy atom. The van der Waals surface area contributed by atoms with Crippen LogP contribution in [0.2, 0.25) is 41.6 Å². The average Bonchev–Trinajstić information content (AvgIpc) is 1.14. The summed E-state index contributed by atoms with van der Waals surface area (Å²) in [6.07, 6.45) is 0. The molecule has 0 bridgehead atoms. The Hall–Kier alpha value is 0.775. The van der Waals surface area contributed by atoms with Gasteiger partial charge < -0.3 is 0 Å². The van der Waals surface area contributed by atoms with Crippen LogP contribution in [0.4, 0.5) is 0 Å². The molecule has 0 atom stereocenters. The van der Waals surface area contributed by atoms with Crippen molar-refractivity contribution in [2.24, 2.45) is 0 Å². The van der Waals surface area contributed by atoms with E-state index >= 15 is 0 Å². The Morgan fingerprint density at radius 1 is 1.00 bits per heavy atom. The summed E-state index contributed by atoms with van der Waals surface area (Å²) in [5, 5.41) is 0. The van der Waals surface area contributed by atoms with E-state index in [9.17, 15) is 0 Å². The van der Waals surface area contributed by atoms with Gasteiger partial charge in [-0.2, -0.15) is 0 Å². The number of rotatable bonds is 2. The van der Waals surface area contributed by atoms with Crippen LogP contribution in [0.25, 0.3) is 0 Å². The summed E-state index contributed by atoms with van der Waals surface area (Å²) in [5.74, 6) is 0. The molecule has 0 N–H and O–H groups in total. The molecule has 0 aliphatic heterocycles. The van der Waals surface area contributed by atoms with E-state index in [1.807, 2.05) is 0 Å². The maximum atomic E-state index is 2.50. The molecule has 0 rings (SSSR count). The molecular formula is C7H20AsSi. The summed E-state index contributed by atoms with van der Waals surface area (Å²) in [4.78, 5) is 1.60. The molecule has 0 aromatic heterocycles. The van der Waals surface area contributed by atoms with E-state index in [0.717, 1.165) is 0 Å². The quantitative estimate of drug-likeness (QED) is 0.610. The van der Waals surface area contributed by atoms with Crippen molar-refractivity contribution in [3.63, 3.8) is 0 Å². The molecule has 0 unspecified atom stereocenters. The average molecular weight is 207 g/mol. The Kier molecular flexibility index (Phi) is 3.04. The normalized spacial score (nSPS) is 14.0. The summed E-state index contributed by atoms with van der Waals surface area (Å²) in [7, 11) is -0.716. The van der Waals surface area contributed by atoms with Gasteiger partial charge in [0, 0.05) is 0 Å². The van der Waals surface area contributed by atoms with E-state index in [0.29, 0.717) is 0 Å². The first-order valence-electron chi connectivity index (χ1n) is 3.51. The van der Waals surface area contributed by atoms with Gasteiger partial charge in [0.15, 0.2) is 0 Å². The van der Waals surface area contributed by atoms with Gasteiger partial charge in [0.1, 0.15) is 0 Å². The van der Waals surface area contributed by atoms with E-state index in [1.165, 1.54) is 0 Å². The van der Waals surface area contributed by atoms with Gasteiger partial charge >= 0.3 is 63.2 Å². The van der Waals surface area contributed by atoms with Crippen LogP contribution in [-0.2, 0) is 0 Å². The van der Waals surface area contributed by atoms with Crippen LogP contribution in [0.1, 0.15) is 0 Å². The van der Waals surface area contributed by atoms with E-state index in [1.54, 1.807) is 4.83 Å². The zero-order valence-corrected chi connectivity index (χ0v) is 10.5. The van der Waals surface area contributed by atoms with Crippen molar-refractivity contribution in [1.29, 1.82) is 0 Å². The zero-order valence-electron chi connectivity index (χ0n) is 7.65. The van der Waals surface area contributed by atoms with Gasteiger partial charge in [0.05, 0.1) is 0 Å². The second-order valence-electron chi connectivity index (χ2n) is 5.01. The van der Waals surface area contributed by atoms with Crippen LogP contribution < -0.4 is 0 Å². The van der Waals surface area contributed by atoms with E-state index < -0.39 is 21.6 Å². The molecule has 0 aliphatic carbocycles. The van der Waals surface area contributed by atoms with Gasteiger partial charge in [-0.3, -0.25) is 0 Å². The van der Waals surface area contributed by atoms with Crippen LogP contribution in [-0.4, -0.2) is 21.6 Å². The van der Waals surface area contributed by atoms with Crippen molar-refractivity contribution in [2.75, 3.05) is 0 Å². The number of hydrogen-bond acceptors (Lipinski definition) is 0. The van der Waals surface area contributed by atoms with Crippen LogP contribution in [0, 0.1) is 0 Å². The van der Waals surface area contributed by atoms with Crippen LogP contribution >= 0.6 is 0 Å². The topological polar surface area (TPSA) is 0 Å². The fourth-order valence-electron chi connectivity index (χ4n) is 1.42. The summed E-state index contributed by atoms with van der Waals surface area (Å²) in [6.45, 7) is 7.42. The van der Waals surface area contributed by atoms with Gasteiger partial charge in [0.2, 0.25) is 0 Å². The fourth-order valence-corrected chi connectivity index (χ4v) is 22.2. The predicted molar refractivity (Wildman–Crippen MR) is 51.5 cm³/mol. The first-order chi connectivity index (χ1) is 3.71. The predicted octanol–water partition coefficient (Wildman–Crippen LogP) is 3.20. The fraction of sp³-hybridized carbons (Fsp3) is 1.00. The second kappa shape index (κ2) is 2.80. The first kappa shape index (κ1) is 9.78. The van der Waals surface area contributed by atoms with Crippen molar-refractivity contribution in [3.05, 3.63) is 0 Å². The van der Waals surface area contributed by atoms with Gasteiger partial charge in [0.25, 0.3) is 0 Å². The minimum absolute atomic E-state index is 0.716. The molecule has 0 spiro atoms. The van der Waals surface area contributed by atoms with Crippen molar-refractivity contribution in [1.82, 2.24) is 0 Å². The number of hydrogen-bond donors (Lipinski definition) is 0. The molecule has 0 amide bonds. The molecule has 0 aromatic rings. The third-order valence-corrected chi connectivity index (χ3v) is 14.8. The monoisotopic (exact) mass is 207 g/mol. The zero-order chi connectivity index (χ0) is 7.71. The van der Waals surface area contributed by atoms with Crippen molar-refractivity contribution in [2.45, 2.75) is 41.6 Å². The Bertz CT molecular complexity index is 74.1. The molecule has 0 aliphatic rings. The van der Waals surface area contributed by atoms with Gasteiger partial charge in [-0.15, -0.1) is 0 Å². The molecule has 2 heteroatoms. The first-order valence-corrected chi connectivity index (χ1v) is 14.2. The molecule has 0 fully saturated rings. The molecule has 9 heavy (non-hydrogen) atoms. The van der Waals surface area contributed by atoms with Crippen molar-refractivity contribution < 1.29 is 0 Å². The van der Waals surface area contributed by atoms with Gasteiger partial charge in [-0.25, -0.2) is 0 Å². The molecule has 0 saturated heterocycles. The Balaban J connectivity index is 3.75. The summed E-state index contributed by atoms with van der Waals surface area (Å²) >= 11 is -1.03. The van der Waals surface area contributed by atoms with Crippen LogP contribution in [0.3, 0.4) is 0 Å². The minimum atomic E-state index is -1.03. The van der Waals surface area contributed by atoms with Crippen molar-refractivity contribution in [3.8, 4) is 0 Å². The summed E-state index contributed by atoms with van der Waals surface area (Å²) in [6, 6.07) is 0. The second-order valence-corrected chi connectivity index (χ2v) is 22.0. The molecule has 1 radical (unpaired) electrons. The Morgan fingerprint density at radius 2 is 1.33 bits per heavy atom. The third kappa shape index (κ3) is 8.78. The Labute approximate surface area is 63.5 Å². The van der Waals surface area contributed by atoms with E-state index in [2.05, 4.69) is 36.8 Å². The maximum absolute atomic E-state index is 2.50. The van der Waals surface area contributed by atoms with Crippen molar-refractivity contribution >= 4 is 21.6 Å². The van der Waals surface area contributed by atoms with Gasteiger partial charge in [-0.1, -0.05) is 0 Å².